The number of esters is 1. The normalized spacial score (nSPS) is 47.3. The van der Waals surface area contributed by atoms with Gasteiger partial charge in [0.1, 0.15) is 6.07 Å². The van der Waals surface area contributed by atoms with Crippen LogP contribution in [0.25, 0.3) is 0 Å². The molecular formula is C33H45NO4. The van der Waals surface area contributed by atoms with Gasteiger partial charge in [0.2, 0.25) is 0 Å². The average Bonchev–Trinajstić information content (AvgIpc) is 2.84. The maximum atomic E-state index is 14.4. The highest BCUT2D eigenvalue weighted by Crippen LogP contribution is 2.74. The van der Waals surface area contributed by atoms with Gasteiger partial charge in [-0.15, -0.1) is 0 Å². The van der Waals surface area contributed by atoms with Crippen LogP contribution in [-0.2, 0) is 19.1 Å². The highest BCUT2D eigenvalue weighted by molar-refractivity contribution is 6.04. The molecule has 0 aromatic heterocycles. The van der Waals surface area contributed by atoms with E-state index in [1.54, 1.807) is 0 Å². The van der Waals surface area contributed by atoms with Gasteiger partial charge in [0.05, 0.1) is 19.1 Å². The van der Waals surface area contributed by atoms with Crippen LogP contribution >= 0.6 is 0 Å². The molecule has 8 atom stereocenters. The fourth-order valence-corrected chi connectivity index (χ4v) is 10.4. The molecule has 0 amide bonds. The molecule has 38 heavy (non-hydrogen) atoms. The molecule has 5 aliphatic carbocycles. The first kappa shape index (κ1) is 27.4. The van der Waals surface area contributed by atoms with Gasteiger partial charge in [-0.2, -0.15) is 5.26 Å². The highest BCUT2D eigenvalue weighted by Gasteiger charge is 2.69. The molecule has 5 rings (SSSR count). The minimum Gasteiger partial charge on any atom is -0.469 e. The number of hydrogen-bond donors (Lipinski definition) is 0. The number of ketones is 2. The zero-order valence-electron chi connectivity index (χ0n) is 24.6. The van der Waals surface area contributed by atoms with Crippen molar-refractivity contribution in [2.45, 2.75) is 99.8 Å². The summed E-state index contributed by atoms with van der Waals surface area (Å²) in [4.78, 5) is 39.9. The molecule has 0 aromatic rings. The standard InChI is InChI=1S/C33H45NO4/c1-28(2)23-9-10-32(6)24(31(23,5)16-20(19-34)27(28)37)15-22(35)26-21-17-29(3,18-25(36)38-8)11-12-30(21,4)13-14-33(26,32)7/h15-16,21,23,26H,9-14,17-18H2,1-8H3/t21-,23-,26-,29-,30+,31-,32+,33+/m0/s1. The maximum absolute atomic E-state index is 14.4. The number of carbonyl (C=O) groups is 3. The Morgan fingerprint density at radius 3 is 2.32 bits per heavy atom. The van der Waals surface area contributed by atoms with Crippen molar-refractivity contribution in [3.05, 3.63) is 23.3 Å². The van der Waals surface area contributed by atoms with Crippen molar-refractivity contribution in [1.29, 1.82) is 5.26 Å². The summed E-state index contributed by atoms with van der Waals surface area (Å²) in [6.07, 6.45) is 11.1. The molecule has 3 saturated carbocycles. The molecule has 0 aromatic carbocycles. The van der Waals surface area contributed by atoms with E-state index in [0.29, 0.717) is 6.42 Å². The van der Waals surface area contributed by atoms with E-state index < -0.39 is 10.8 Å². The topological polar surface area (TPSA) is 84.2 Å². The van der Waals surface area contributed by atoms with Crippen LogP contribution in [0.15, 0.2) is 23.3 Å². The van der Waals surface area contributed by atoms with Gasteiger partial charge in [-0.25, -0.2) is 0 Å². The molecule has 5 aliphatic rings. The highest BCUT2D eigenvalue weighted by atomic mass is 16.5. The molecule has 206 valence electrons. The summed E-state index contributed by atoms with van der Waals surface area (Å²) in [5, 5.41) is 9.88. The van der Waals surface area contributed by atoms with Crippen LogP contribution in [0.3, 0.4) is 0 Å². The second-order valence-corrected chi connectivity index (χ2v) is 15.3. The Morgan fingerprint density at radius 2 is 1.68 bits per heavy atom. The van der Waals surface area contributed by atoms with E-state index in [2.05, 4.69) is 40.7 Å². The number of Topliss-reactive ketones (excluding diaryl/α,β-unsaturated/α-hetero) is 1. The van der Waals surface area contributed by atoms with Crippen molar-refractivity contribution in [3.8, 4) is 6.07 Å². The molecule has 0 radical (unpaired) electrons. The summed E-state index contributed by atoms with van der Waals surface area (Å²) in [6, 6.07) is 2.19. The average molecular weight is 520 g/mol. The summed E-state index contributed by atoms with van der Waals surface area (Å²) in [6.45, 7) is 15.4. The van der Waals surface area contributed by atoms with Gasteiger partial charge in [-0.3, -0.25) is 14.4 Å². The molecule has 5 nitrogen and oxygen atoms in total. The number of fused-ring (bicyclic) bond motifs is 7. The molecule has 0 heterocycles. The van der Waals surface area contributed by atoms with Gasteiger partial charge >= 0.3 is 5.97 Å². The van der Waals surface area contributed by atoms with Gasteiger partial charge in [0.25, 0.3) is 0 Å². The van der Waals surface area contributed by atoms with Gasteiger partial charge in [-0.05, 0) is 84.5 Å². The molecule has 0 saturated heterocycles. The number of nitriles is 1. The van der Waals surface area contributed by atoms with Crippen LogP contribution in [0.5, 0.6) is 0 Å². The summed E-state index contributed by atoms with van der Waals surface area (Å²) < 4.78 is 5.05. The van der Waals surface area contributed by atoms with E-state index in [1.807, 2.05) is 26.0 Å². The third-order valence-corrected chi connectivity index (χ3v) is 13.0. The second-order valence-electron chi connectivity index (χ2n) is 15.3. The number of hydrogen-bond acceptors (Lipinski definition) is 5. The van der Waals surface area contributed by atoms with Crippen molar-refractivity contribution in [3.63, 3.8) is 0 Å². The number of rotatable bonds is 2. The fraction of sp³-hybridized carbons (Fsp3) is 0.758. The number of nitrogens with zero attached hydrogens (tertiary/aromatic N) is 1. The van der Waals surface area contributed by atoms with Gasteiger partial charge < -0.3 is 4.74 Å². The van der Waals surface area contributed by atoms with Crippen molar-refractivity contribution in [2.75, 3.05) is 7.11 Å². The number of methoxy groups -OCH3 is 1. The van der Waals surface area contributed by atoms with E-state index >= 15 is 0 Å². The fourth-order valence-electron chi connectivity index (χ4n) is 10.4. The molecule has 5 heteroatoms. The predicted octanol–water partition coefficient (Wildman–Crippen LogP) is 6.77. The first-order valence-corrected chi connectivity index (χ1v) is 14.5. The summed E-state index contributed by atoms with van der Waals surface area (Å²) in [7, 11) is 1.46. The van der Waals surface area contributed by atoms with E-state index in [0.717, 1.165) is 50.5 Å². The Bertz CT molecular complexity index is 1220. The first-order valence-electron chi connectivity index (χ1n) is 14.5. The van der Waals surface area contributed by atoms with Crippen molar-refractivity contribution in [2.24, 2.45) is 50.2 Å². The smallest absolute Gasteiger partial charge is 0.306 e. The largest absolute Gasteiger partial charge is 0.469 e. The third-order valence-electron chi connectivity index (χ3n) is 13.0. The van der Waals surface area contributed by atoms with Crippen molar-refractivity contribution < 1.29 is 19.1 Å². The Labute approximate surface area is 228 Å². The van der Waals surface area contributed by atoms with Crippen LogP contribution in [-0.4, -0.2) is 24.6 Å². The van der Waals surface area contributed by atoms with E-state index in [-0.39, 0.29) is 62.5 Å². The van der Waals surface area contributed by atoms with Crippen molar-refractivity contribution in [1.82, 2.24) is 0 Å². The molecular weight excluding hydrogens is 474 g/mol. The Hall–Kier alpha value is -2.22. The lowest BCUT2D eigenvalue weighted by Gasteiger charge is -2.69. The Morgan fingerprint density at radius 1 is 1.03 bits per heavy atom. The van der Waals surface area contributed by atoms with E-state index in [4.69, 9.17) is 4.74 Å². The lowest BCUT2D eigenvalue weighted by Crippen LogP contribution is -2.64. The van der Waals surface area contributed by atoms with Gasteiger partial charge in [-0.1, -0.05) is 60.1 Å². The van der Waals surface area contributed by atoms with Gasteiger partial charge in [0, 0.05) is 16.7 Å². The Balaban J connectivity index is 1.63. The minimum absolute atomic E-state index is 0.0544. The SMILES string of the molecule is COC(=O)C[C@@]1(C)CC[C@]2(C)CC[C@]3(C)[C@H](C(=O)C=C4[C@@]5(C)C=C(C#N)C(=O)C(C)(C)[C@@H]5CC[C@]43C)[C@@H]2C1. The van der Waals surface area contributed by atoms with Crippen LogP contribution in [0.2, 0.25) is 0 Å². The van der Waals surface area contributed by atoms with Crippen LogP contribution in [0.4, 0.5) is 0 Å². The maximum Gasteiger partial charge on any atom is 0.306 e. The second kappa shape index (κ2) is 8.15. The summed E-state index contributed by atoms with van der Waals surface area (Å²) in [5.41, 5.74) is -0.290. The zero-order chi connectivity index (χ0) is 28.1. The van der Waals surface area contributed by atoms with Gasteiger partial charge in [0.15, 0.2) is 11.6 Å². The minimum atomic E-state index is -0.651. The molecule has 0 N–H and O–H groups in total. The lowest BCUT2D eigenvalue weighted by atomic mass is 9.34. The first-order chi connectivity index (χ1) is 17.5. The number of ether oxygens (including phenoxy) is 1. The monoisotopic (exact) mass is 519 g/mol. The van der Waals surface area contributed by atoms with E-state index in [1.165, 1.54) is 7.11 Å². The van der Waals surface area contributed by atoms with Crippen LogP contribution < -0.4 is 0 Å². The van der Waals surface area contributed by atoms with Crippen LogP contribution in [0.1, 0.15) is 99.8 Å². The quantitative estimate of drug-likeness (QED) is 0.376. The Kier molecular flexibility index (Phi) is 5.87. The number of carbonyl (C=O) groups excluding carboxylic acids is 3. The predicted molar refractivity (Wildman–Crippen MR) is 146 cm³/mol. The molecule has 0 unspecified atom stereocenters. The summed E-state index contributed by atoms with van der Waals surface area (Å²) in [5.74, 6) is 0.149. The van der Waals surface area contributed by atoms with Crippen LogP contribution in [0, 0.1) is 61.6 Å². The number of allylic oxidation sites excluding steroid dienone is 4. The molecule has 0 bridgehead atoms. The lowest BCUT2D eigenvalue weighted by molar-refractivity contribution is -0.171. The molecule has 0 spiro atoms. The summed E-state index contributed by atoms with van der Waals surface area (Å²) >= 11 is 0. The molecule has 0 aliphatic heterocycles. The zero-order valence-corrected chi connectivity index (χ0v) is 24.6. The molecule has 3 fully saturated rings. The van der Waals surface area contributed by atoms with E-state index in [9.17, 15) is 19.6 Å². The third kappa shape index (κ3) is 3.37. The van der Waals surface area contributed by atoms with Crippen molar-refractivity contribution >= 4 is 17.5 Å².